The van der Waals surface area contributed by atoms with E-state index in [0.717, 1.165) is 36.3 Å². The van der Waals surface area contributed by atoms with Crippen LogP contribution in [0.3, 0.4) is 0 Å². The minimum Gasteiger partial charge on any atom is -0.362 e. The van der Waals surface area contributed by atoms with Crippen molar-refractivity contribution in [3.8, 4) is 11.3 Å². The van der Waals surface area contributed by atoms with Gasteiger partial charge in [-0.2, -0.15) is 0 Å². The summed E-state index contributed by atoms with van der Waals surface area (Å²) in [6.45, 7) is 4.37. The largest absolute Gasteiger partial charge is 0.362 e. The van der Waals surface area contributed by atoms with Crippen LogP contribution in [-0.4, -0.2) is 10.2 Å². The molecule has 1 unspecified atom stereocenters. The number of aryl methyl sites for hydroxylation is 1. The molecule has 1 atom stereocenters. The zero-order valence-electron chi connectivity index (χ0n) is 14.9. The molecule has 128 valence electrons. The number of aromatic nitrogens is 2. The Bertz CT molecular complexity index is 785. The van der Waals surface area contributed by atoms with E-state index in [9.17, 15) is 0 Å². The van der Waals surface area contributed by atoms with E-state index in [0.29, 0.717) is 0 Å². The molecule has 1 heterocycles. The van der Waals surface area contributed by atoms with Gasteiger partial charge in [0, 0.05) is 5.56 Å². The maximum atomic E-state index is 4.51. The van der Waals surface area contributed by atoms with E-state index in [1.54, 1.807) is 0 Å². The molecule has 3 heteroatoms. The van der Waals surface area contributed by atoms with Crippen LogP contribution >= 0.6 is 0 Å². The Labute approximate surface area is 150 Å². The molecule has 1 N–H and O–H groups in total. The molecule has 0 aliphatic carbocycles. The lowest BCUT2D eigenvalue weighted by Crippen LogP contribution is -2.12. The third kappa shape index (κ3) is 4.24. The highest BCUT2D eigenvalue weighted by Gasteiger charge is 2.13. The van der Waals surface area contributed by atoms with Gasteiger partial charge in [0.1, 0.15) is 5.82 Å². The molecule has 0 bridgehead atoms. The third-order valence-corrected chi connectivity index (χ3v) is 4.40. The molecule has 3 nitrogen and oxygen atoms in total. The maximum absolute atomic E-state index is 4.51. The molecule has 0 fully saturated rings. The van der Waals surface area contributed by atoms with Crippen LogP contribution in [0, 0.1) is 0 Å². The lowest BCUT2D eigenvalue weighted by atomic mass is 10.0. The molecule has 25 heavy (non-hydrogen) atoms. The molecule has 0 aliphatic rings. The zero-order chi connectivity index (χ0) is 17.5. The Morgan fingerprint density at radius 1 is 0.880 bits per heavy atom. The van der Waals surface area contributed by atoms with Crippen molar-refractivity contribution in [1.29, 1.82) is 0 Å². The van der Waals surface area contributed by atoms with Crippen LogP contribution in [0.5, 0.6) is 0 Å². The molecule has 0 amide bonds. The Morgan fingerprint density at radius 2 is 1.56 bits per heavy atom. The maximum Gasteiger partial charge on any atom is 0.149 e. The van der Waals surface area contributed by atoms with Crippen molar-refractivity contribution < 1.29 is 0 Å². The van der Waals surface area contributed by atoms with Gasteiger partial charge in [-0.3, -0.25) is 0 Å². The van der Waals surface area contributed by atoms with Crippen molar-refractivity contribution in [3.05, 3.63) is 77.9 Å². The summed E-state index contributed by atoms with van der Waals surface area (Å²) in [6.07, 6.45) is 3.11. The molecular weight excluding hydrogens is 306 g/mol. The number of hydrogen-bond donors (Lipinski definition) is 1. The van der Waals surface area contributed by atoms with Gasteiger partial charge in [0.25, 0.3) is 0 Å². The van der Waals surface area contributed by atoms with Gasteiger partial charge in [-0.1, -0.05) is 80.9 Å². The van der Waals surface area contributed by atoms with Gasteiger partial charge >= 0.3 is 0 Å². The predicted molar refractivity (Wildman–Crippen MR) is 105 cm³/mol. The van der Waals surface area contributed by atoms with E-state index >= 15 is 0 Å². The summed E-state index contributed by atoms with van der Waals surface area (Å²) in [5, 5.41) is 12.5. The SMILES string of the molecule is CCCC(Nc1cc(CC)c(-c2ccccc2)nn1)c1ccccc1. The summed E-state index contributed by atoms with van der Waals surface area (Å²) in [4.78, 5) is 0. The van der Waals surface area contributed by atoms with Gasteiger partial charge in [-0.15, -0.1) is 10.2 Å². The van der Waals surface area contributed by atoms with Crippen molar-refractivity contribution in [3.63, 3.8) is 0 Å². The summed E-state index contributed by atoms with van der Waals surface area (Å²) >= 11 is 0. The van der Waals surface area contributed by atoms with Crippen molar-refractivity contribution in [1.82, 2.24) is 10.2 Å². The highest BCUT2D eigenvalue weighted by Crippen LogP contribution is 2.26. The van der Waals surface area contributed by atoms with Crippen LogP contribution in [0.4, 0.5) is 5.82 Å². The van der Waals surface area contributed by atoms with Gasteiger partial charge in [0.05, 0.1) is 11.7 Å². The first-order chi connectivity index (χ1) is 12.3. The van der Waals surface area contributed by atoms with Crippen molar-refractivity contribution in [2.45, 2.75) is 39.2 Å². The Kier molecular flexibility index (Phi) is 5.78. The first-order valence-electron chi connectivity index (χ1n) is 9.05. The van der Waals surface area contributed by atoms with E-state index < -0.39 is 0 Å². The van der Waals surface area contributed by atoms with E-state index in [-0.39, 0.29) is 6.04 Å². The monoisotopic (exact) mass is 331 g/mol. The van der Waals surface area contributed by atoms with Gasteiger partial charge < -0.3 is 5.32 Å². The van der Waals surface area contributed by atoms with E-state index in [1.807, 2.05) is 18.2 Å². The number of benzene rings is 2. The van der Waals surface area contributed by atoms with Crippen molar-refractivity contribution in [2.75, 3.05) is 5.32 Å². The number of rotatable bonds is 7. The van der Waals surface area contributed by atoms with Gasteiger partial charge in [-0.25, -0.2) is 0 Å². The van der Waals surface area contributed by atoms with Gasteiger partial charge in [0.15, 0.2) is 0 Å². The topological polar surface area (TPSA) is 37.8 Å². The third-order valence-electron chi connectivity index (χ3n) is 4.40. The second-order valence-electron chi connectivity index (χ2n) is 6.22. The zero-order valence-corrected chi connectivity index (χ0v) is 14.9. The number of hydrogen-bond acceptors (Lipinski definition) is 3. The fraction of sp³-hybridized carbons (Fsp3) is 0.273. The van der Waals surface area contributed by atoms with Crippen molar-refractivity contribution in [2.24, 2.45) is 0 Å². The Balaban J connectivity index is 1.87. The van der Waals surface area contributed by atoms with Crippen LogP contribution in [0.25, 0.3) is 11.3 Å². The second-order valence-corrected chi connectivity index (χ2v) is 6.22. The van der Waals surface area contributed by atoms with E-state index in [1.165, 1.54) is 11.1 Å². The van der Waals surface area contributed by atoms with Gasteiger partial charge in [-0.05, 0) is 30.0 Å². The Morgan fingerprint density at radius 3 is 2.20 bits per heavy atom. The van der Waals surface area contributed by atoms with Crippen LogP contribution in [0.15, 0.2) is 66.7 Å². The number of nitrogens with one attached hydrogen (secondary N) is 1. The average molecular weight is 331 g/mol. The highest BCUT2D eigenvalue weighted by atomic mass is 15.2. The lowest BCUT2D eigenvalue weighted by Gasteiger charge is -2.19. The van der Waals surface area contributed by atoms with Crippen LogP contribution in [0.2, 0.25) is 0 Å². The molecule has 0 saturated heterocycles. The molecule has 0 saturated carbocycles. The normalized spacial score (nSPS) is 11.9. The standard InChI is InChI=1S/C22H25N3/c1-3-11-20(18-12-7-5-8-13-18)23-21-16-17(4-2)22(25-24-21)19-14-9-6-10-15-19/h5-10,12-16,20H,3-4,11H2,1-2H3,(H,23,24). The molecule has 0 radical (unpaired) electrons. The van der Waals surface area contributed by atoms with Crippen LogP contribution in [-0.2, 0) is 6.42 Å². The molecular formula is C22H25N3. The molecule has 3 rings (SSSR count). The first-order valence-corrected chi connectivity index (χ1v) is 9.05. The minimum atomic E-state index is 0.257. The van der Waals surface area contributed by atoms with E-state index in [2.05, 4.69) is 77.9 Å². The first kappa shape index (κ1) is 17.2. The fourth-order valence-electron chi connectivity index (χ4n) is 3.08. The molecule has 0 aliphatic heterocycles. The number of anilines is 1. The summed E-state index contributed by atoms with van der Waals surface area (Å²) in [6, 6.07) is 23.2. The predicted octanol–water partition coefficient (Wildman–Crippen LogP) is 5.66. The molecule has 2 aromatic carbocycles. The second kappa shape index (κ2) is 8.43. The smallest absolute Gasteiger partial charge is 0.149 e. The van der Waals surface area contributed by atoms with Crippen molar-refractivity contribution >= 4 is 5.82 Å². The summed E-state index contributed by atoms with van der Waals surface area (Å²) in [5.41, 5.74) is 4.59. The summed E-state index contributed by atoms with van der Waals surface area (Å²) in [5.74, 6) is 0.846. The molecule has 0 spiro atoms. The molecule has 1 aromatic heterocycles. The summed E-state index contributed by atoms with van der Waals surface area (Å²) < 4.78 is 0. The lowest BCUT2D eigenvalue weighted by molar-refractivity contribution is 0.672. The number of nitrogens with zero attached hydrogens (tertiary/aromatic N) is 2. The summed E-state index contributed by atoms with van der Waals surface area (Å²) in [7, 11) is 0. The quantitative estimate of drug-likeness (QED) is 0.607. The van der Waals surface area contributed by atoms with Crippen LogP contribution < -0.4 is 5.32 Å². The van der Waals surface area contributed by atoms with E-state index in [4.69, 9.17) is 0 Å². The highest BCUT2D eigenvalue weighted by molar-refractivity contribution is 5.64. The Hall–Kier alpha value is -2.68. The molecule has 3 aromatic rings. The van der Waals surface area contributed by atoms with Gasteiger partial charge in [0.2, 0.25) is 0 Å². The fourth-order valence-corrected chi connectivity index (χ4v) is 3.08. The minimum absolute atomic E-state index is 0.257. The van der Waals surface area contributed by atoms with Crippen LogP contribution in [0.1, 0.15) is 43.9 Å². The average Bonchev–Trinajstić information content (AvgIpc) is 2.69.